The number of hydrogen-bond acceptors (Lipinski definition) is 2. The van der Waals surface area contributed by atoms with E-state index in [2.05, 4.69) is 5.10 Å². The SMILES string of the molecule is O=C(O)C(Cc1ccccc1)Cn1cccn1. The molecule has 0 bridgehead atoms. The quantitative estimate of drug-likeness (QED) is 0.852. The Balaban J connectivity index is 2.06. The molecule has 2 aromatic rings. The molecule has 0 aliphatic rings. The third-order valence-corrected chi connectivity index (χ3v) is 2.64. The lowest BCUT2D eigenvalue weighted by atomic mass is 9.99. The molecule has 1 atom stereocenters. The Morgan fingerprint density at radius 3 is 2.65 bits per heavy atom. The van der Waals surface area contributed by atoms with Gasteiger partial charge in [-0.1, -0.05) is 30.3 Å². The van der Waals surface area contributed by atoms with Crippen LogP contribution in [0, 0.1) is 5.92 Å². The van der Waals surface area contributed by atoms with Crippen LogP contribution in [-0.4, -0.2) is 20.9 Å². The minimum Gasteiger partial charge on any atom is -0.481 e. The van der Waals surface area contributed by atoms with Gasteiger partial charge in [-0.15, -0.1) is 0 Å². The Morgan fingerprint density at radius 2 is 2.06 bits per heavy atom. The first-order valence-corrected chi connectivity index (χ1v) is 5.50. The van der Waals surface area contributed by atoms with Crippen molar-refractivity contribution in [2.45, 2.75) is 13.0 Å². The lowest BCUT2D eigenvalue weighted by molar-refractivity contribution is -0.142. The summed E-state index contributed by atoms with van der Waals surface area (Å²) in [5.41, 5.74) is 1.03. The van der Waals surface area contributed by atoms with E-state index in [0.29, 0.717) is 13.0 Å². The molecule has 4 nitrogen and oxygen atoms in total. The summed E-state index contributed by atoms with van der Waals surface area (Å²) >= 11 is 0. The summed E-state index contributed by atoms with van der Waals surface area (Å²) in [7, 11) is 0. The molecule has 1 aromatic heterocycles. The highest BCUT2D eigenvalue weighted by molar-refractivity contribution is 5.70. The third-order valence-electron chi connectivity index (χ3n) is 2.64. The van der Waals surface area contributed by atoms with Gasteiger partial charge in [0.1, 0.15) is 0 Å². The summed E-state index contributed by atoms with van der Waals surface area (Å²) in [4.78, 5) is 11.2. The van der Waals surface area contributed by atoms with Gasteiger partial charge in [0.15, 0.2) is 0 Å². The Hall–Kier alpha value is -2.10. The van der Waals surface area contributed by atoms with Crippen molar-refractivity contribution in [1.29, 1.82) is 0 Å². The van der Waals surface area contributed by atoms with E-state index in [-0.39, 0.29) is 0 Å². The highest BCUT2D eigenvalue weighted by atomic mass is 16.4. The molecule has 1 unspecified atom stereocenters. The summed E-state index contributed by atoms with van der Waals surface area (Å²) in [6.45, 7) is 0.400. The van der Waals surface area contributed by atoms with Gasteiger partial charge in [0.2, 0.25) is 0 Å². The van der Waals surface area contributed by atoms with Crippen molar-refractivity contribution in [3.8, 4) is 0 Å². The largest absolute Gasteiger partial charge is 0.481 e. The lowest BCUT2D eigenvalue weighted by Gasteiger charge is -2.12. The van der Waals surface area contributed by atoms with Crippen LogP contribution in [0.15, 0.2) is 48.8 Å². The van der Waals surface area contributed by atoms with E-state index >= 15 is 0 Å². The second-order valence-corrected chi connectivity index (χ2v) is 3.95. The van der Waals surface area contributed by atoms with Crippen LogP contribution in [-0.2, 0) is 17.8 Å². The van der Waals surface area contributed by atoms with Crippen molar-refractivity contribution >= 4 is 5.97 Å². The standard InChI is InChI=1S/C13H14N2O2/c16-13(17)12(10-15-8-4-7-14-15)9-11-5-2-1-3-6-11/h1-8,12H,9-10H2,(H,16,17). The second kappa shape index (κ2) is 5.30. The average Bonchev–Trinajstić information content (AvgIpc) is 2.82. The lowest BCUT2D eigenvalue weighted by Crippen LogP contribution is -2.22. The van der Waals surface area contributed by atoms with E-state index in [1.165, 1.54) is 0 Å². The molecule has 0 saturated heterocycles. The molecule has 0 aliphatic heterocycles. The van der Waals surface area contributed by atoms with Gasteiger partial charge in [-0.2, -0.15) is 5.10 Å². The maximum Gasteiger partial charge on any atom is 0.308 e. The van der Waals surface area contributed by atoms with Crippen molar-refractivity contribution in [3.63, 3.8) is 0 Å². The first-order chi connectivity index (χ1) is 8.25. The minimum absolute atomic E-state index is 0.400. The Morgan fingerprint density at radius 1 is 1.29 bits per heavy atom. The van der Waals surface area contributed by atoms with Crippen LogP contribution in [0.3, 0.4) is 0 Å². The number of aliphatic carboxylic acids is 1. The Labute approximate surface area is 99.5 Å². The van der Waals surface area contributed by atoms with Gasteiger partial charge in [0, 0.05) is 12.4 Å². The zero-order valence-electron chi connectivity index (χ0n) is 9.36. The van der Waals surface area contributed by atoms with Crippen LogP contribution in [0.1, 0.15) is 5.56 Å². The molecule has 1 N–H and O–H groups in total. The molecule has 88 valence electrons. The van der Waals surface area contributed by atoms with Gasteiger partial charge in [-0.3, -0.25) is 9.48 Å². The molecule has 0 aliphatic carbocycles. The molecule has 2 rings (SSSR count). The molecule has 0 amide bonds. The Bertz CT molecular complexity index is 465. The van der Waals surface area contributed by atoms with Crippen LogP contribution in [0.2, 0.25) is 0 Å². The molecule has 4 heteroatoms. The normalized spacial score (nSPS) is 12.2. The number of rotatable bonds is 5. The van der Waals surface area contributed by atoms with Crippen LogP contribution in [0.4, 0.5) is 0 Å². The summed E-state index contributed by atoms with van der Waals surface area (Å²) in [6.07, 6.45) is 3.96. The number of benzene rings is 1. The van der Waals surface area contributed by atoms with Crippen molar-refractivity contribution in [2.24, 2.45) is 5.92 Å². The number of aromatic nitrogens is 2. The topological polar surface area (TPSA) is 55.1 Å². The van der Waals surface area contributed by atoms with Gasteiger partial charge in [-0.05, 0) is 18.1 Å². The number of carboxylic acids is 1. The smallest absolute Gasteiger partial charge is 0.308 e. The highest BCUT2D eigenvalue weighted by Crippen LogP contribution is 2.11. The van der Waals surface area contributed by atoms with Crippen LogP contribution >= 0.6 is 0 Å². The predicted octanol–water partition coefficient (Wildman–Crippen LogP) is 1.83. The molecule has 0 saturated carbocycles. The maximum atomic E-state index is 11.2. The maximum absolute atomic E-state index is 11.2. The molecular formula is C13H14N2O2. The van der Waals surface area contributed by atoms with E-state index in [4.69, 9.17) is 0 Å². The predicted molar refractivity (Wildman–Crippen MR) is 63.5 cm³/mol. The zero-order chi connectivity index (χ0) is 12.1. The van der Waals surface area contributed by atoms with E-state index < -0.39 is 11.9 Å². The van der Waals surface area contributed by atoms with Gasteiger partial charge in [0.05, 0.1) is 12.5 Å². The number of carboxylic acid groups (broad SMARTS) is 1. The van der Waals surface area contributed by atoms with E-state index in [0.717, 1.165) is 5.56 Å². The first-order valence-electron chi connectivity index (χ1n) is 5.50. The molecule has 17 heavy (non-hydrogen) atoms. The van der Waals surface area contributed by atoms with Gasteiger partial charge >= 0.3 is 5.97 Å². The monoisotopic (exact) mass is 230 g/mol. The van der Waals surface area contributed by atoms with Crippen LogP contribution in [0.25, 0.3) is 0 Å². The van der Waals surface area contributed by atoms with Gasteiger partial charge in [0.25, 0.3) is 0 Å². The number of hydrogen-bond donors (Lipinski definition) is 1. The van der Waals surface area contributed by atoms with E-state index in [1.807, 2.05) is 30.3 Å². The van der Waals surface area contributed by atoms with E-state index in [1.54, 1.807) is 23.1 Å². The third kappa shape index (κ3) is 3.17. The zero-order valence-corrected chi connectivity index (χ0v) is 9.36. The van der Waals surface area contributed by atoms with Crippen molar-refractivity contribution < 1.29 is 9.90 Å². The van der Waals surface area contributed by atoms with Crippen LogP contribution < -0.4 is 0 Å². The Kier molecular flexibility index (Phi) is 3.55. The van der Waals surface area contributed by atoms with Crippen LogP contribution in [0.5, 0.6) is 0 Å². The summed E-state index contributed by atoms with van der Waals surface area (Å²) < 4.78 is 1.65. The minimum atomic E-state index is -0.788. The molecule has 0 fully saturated rings. The number of carbonyl (C=O) groups is 1. The second-order valence-electron chi connectivity index (χ2n) is 3.95. The highest BCUT2D eigenvalue weighted by Gasteiger charge is 2.18. The van der Waals surface area contributed by atoms with Gasteiger partial charge in [-0.25, -0.2) is 0 Å². The van der Waals surface area contributed by atoms with Crippen molar-refractivity contribution in [1.82, 2.24) is 9.78 Å². The van der Waals surface area contributed by atoms with E-state index in [9.17, 15) is 9.90 Å². The molecule has 0 radical (unpaired) electrons. The summed E-state index contributed by atoms with van der Waals surface area (Å²) in [5.74, 6) is -1.23. The summed E-state index contributed by atoms with van der Waals surface area (Å²) in [6, 6.07) is 11.4. The fourth-order valence-electron chi connectivity index (χ4n) is 1.76. The van der Waals surface area contributed by atoms with Crippen molar-refractivity contribution in [2.75, 3.05) is 0 Å². The van der Waals surface area contributed by atoms with Crippen molar-refractivity contribution in [3.05, 3.63) is 54.4 Å². The molecular weight excluding hydrogens is 216 g/mol. The molecule has 0 spiro atoms. The fourth-order valence-corrected chi connectivity index (χ4v) is 1.76. The van der Waals surface area contributed by atoms with Gasteiger partial charge < -0.3 is 5.11 Å². The number of nitrogens with zero attached hydrogens (tertiary/aromatic N) is 2. The summed E-state index contributed by atoms with van der Waals surface area (Å²) in [5, 5.41) is 13.2. The fraction of sp³-hybridized carbons (Fsp3) is 0.231. The molecule has 1 heterocycles. The molecule has 1 aromatic carbocycles. The first kappa shape index (κ1) is 11.4. The average molecular weight is 230 g/mol.